The molecular formula is C54H34O. The second kappa shape index (κ2) is 12.7. The highest BCUT2D eigenvalue weighted by Gasteiger charge is 2.18. The molecule has 256 valence electrons. The van der Waals surface area contributed by atoms with Gasteiger partial charge in [0.05, 0.1) is 0 Å². The zero-order valence-corrected chi connectivity index (χ0v) is 30.0. The molecular weight excluding hydrogens is 665 g/mol. The Labute approximate surface area is 319 Å². The summed E-state index contributed by atoms with van der Waals surface area (Å²) in [6, 6.07) is 74.7. The Kier molecular flexibility index (Phi) is 7.25. The molecule has 0 bridgehead atoms. The van der Waals surface area contributed by atoms with Crippen molar-refractivity contribution < 1.29 is 4.42 Å². The molecule has 1 heteroatoms. The fourth-order valence-electron chi connectivity index (χ4n) is 8.66. The Morgan fingerprint density at radius 1 is 0.236 bits per heavy atom. The summed E-state index contributed by atoms with van der Waals surface area (Å²) in [7, 11) is 0. The lowest BCUT2D eigenvalue weighted by Crippen LogP contribution is -1.90. The monoisotopic (exact) mass is 698 g/mol. The molecule has 0 aliphatic carbocycles. The summed E-state index contributed by atoms with van der Waals surface area (Å²) in [5, 5.41) is 9.72. The van der Waals surface area contributed by atoms with E-state index in [1.807, 2.05) is 0 Å². The van der Waals surface area contributed by atoms with Crippen molar-refractivity contribution in [1.29, 1.82) is 0 Å². The third kappa shape index (κ3) is 5.24. The first-order chi connectivity index (χ1) is 27.3. The van der Waals surface area contributed by atoms with Gasteiger partial charge in [-0.25, -0.2) is 0 Å². The highest BCUT2D eigenvalue weighted by Crippen LogP contribution is 2.45. The van der Waals surface area contributed by atoms with Gasteiger partial charge in [0.2, 0.25) is 0 Å². The van der Waals surface area contributed by atoms with Crippen LogP contribution in [0, 0.1) is 0 Å². The first-order valence-electron chi connectivity index (χ1n) is 18.9. The largest absolute Gasteiger partial charge is 0.456 e. The molecule has 1 aromatic heterocycles. The maximum Gasteiger partial charge on any atom is 0.135 e. The van der Waals surface area contributed by atoms with Gasteiger partial charge in [-0.3, -0.25) is 0 Å². The van der Waals surface area contributed by atoms with Crippen molar-refractivity contribution in [3.05, 3.63) is 206 Å². The number of hydrogen-bond donors (Lipinski definition) is 0. The van der Waals surface area contributed by atoms with Gasteiger partial charge in [-0.15, -0.1) is 0 Å². The van der Waals surface area contributed by atoms with E-state index in [2.05, 4.69) is 206 Å². The number of hydrogen-bond acceptors (Lipinski definition) is 1. The number of furan rings is 1. The Morgan fingerprint density at radius 3 is 1.36 bits per heavy atom. The molecule has 11 aromatic rings. The van der Waals surface area contributed by atoms with E-state index in [9.17, 15) is 0 Å². The van der Waals surface area contributed by atoms with Crippen molar-refractivity contribution in [2.24, 2.45) is 0 Å². The normalized spacial score (nSPS) is 11.6. The smallest absolute Gasteiger partial charge is 0.135 e. The molecule has 10 aromatic carbocycles. The zero-order chi connectivity index (χ0) is 36.3. The van der Waals surface area contributed by atoms with Crippen LogP contribution in [0.25, 0.3) is 110 Å². The quantitative estimate of drug-likeness (QED) is 0.163. The van der Waals surface area contributed by atoms with Crippen LogP contribution in [0.5, 0.6) is 0 Å². The molecule has 0 spiro atoms. The van der Waals surface area contributed by atoms with Crippen LogP contribution in [-0.2, 0) is 0 Å². The molecule has 55 heavy (non-hydrogen) atoms. The Balaban J connectivity index is 1.08. The maximum atomic E-state index is 6.49. The minimum absolute atomic E-state index is 0.890. The van der Waals surface area contributed by atoms with Crippen LogP contribution in [0.15, 0.2) is 211 Å². The van der Waals surface area contributed by atoms with Crippen LogP contribution in [0.4, 0.5) is 0 Å². The topological polar surface area (TPSA) is 13.1 Å². The number of rotatable bonds is 5. The van der Waals surface area contributed by atoms with Crippen LogP contribution >= 0.6 is 0 Å². The Bertz CT molecular complexity index is 3190. The van der Waals surface area contributed by atoms with Gasteiger partial charge in [0.15, 0.2) is 0 Å². The average molecular weight is 699 g/mol. The molecule has 1 nitrogen and oxygen atoms in total. The molecule has 0 aliphatic rings. The highest BCUT2D eigenvalue weighted by molar-refractivity contribution is 6.22. The van der Waals surface area contributed by atoms with Crippen molar-refractivity contribution in [3.63, 3.8) is 0 Å². The summed E-state index contributed by atoms with van der Waals surface area (Å²) in [5.74, 6) is 0. The molecule has 0 atom stereocenters. The fraction of sp³-hybridized carbons (Fsp3) is 0. The standard InChI is InChI=1S/C54H34O/c1-3-14-36(15-4-1)48-32-39(25-28-43(48)41-24-23-35-13-7-8-18-38(35)31-41)40-26-29-51-49(33-40)50-34-42(27-30-52(50)55-51)54-46-21-11-9-19-44(46)53(37-16-5-2-6-17-37)45-20-10-12-22-47(45)54/h1-34H. The lowest BCUT2D eigenvalue weighted by molar-refractivity contribution is 0.669. The lowest BCUT2D eigenvalue weighted by Gasteiger charge is -2.17. The summed E-state index contributed by atoms with van der Waals surface area (Å²) < 4.78 is 6.49. The minimum Gasteiger partial charge on any atom is -0.456 e. The Hall–Kier alpha value is -7.22. The third-order valence-electron chi connectivity index (χ3n) is 11.2. The van der Waals surface area contributed by atoms with Gasteiger partial charge in [0.25, 0.3) is 0 Å². The van der Waals surface area contributed by atoms with E-state index in [0.717, 1.165) is 27.5 Å². The van der Waals surface area contributed by atoms with E-state index in [-0.39, 0.29) is 0 Å². The van der Waals surface area contributed by atoms with Crippen molar-refractivity contribution in [1.82, 2.24) is 0 Å². The summed E-state index contributed by atoms with van der Waals surface area (Å²) >= 11 is 0. The zero-order valence-electron chi connectivity index (χ0n) is 30.0. The predicted octanol–water partition coefficient (Wildman–Crippen LogP) is 15.4. The summed E-state index contributed by atoms with van der Waals surface area (Å²) in [4.78, 5) is 0. The van der Waals surface area contributed by atoms with Gasteiger partial charge in [-0.2, -0.15) is 0 Å². The molecule has 0 radical (unpaired) electrons. The third-order valence-corrected chi connectivity index (χ3v) is 11.2. The summed E-state index contributed by atoms with van der Waals surface area (Å²) in [5.41, 5.74) is 13.9. The van der Waals surface area contributed by atoms with Crippen molar-refractivity contribution in [3.8, 4) is 55.6 Å². The van der Waals surface area contributed by atoms with Crippen LogP contribution in [0.1, 0.15) is 0 Å². The van der Waals surface area contributed by atoms with Gasteiger partial charge in [0.1, 0.15) is 11.2 Å². The molecule has 0 N–H and O–H groups in total. The van der Waals surface area contributed by atoms with Crippen LogP contribution in [-0.4, -0.2) is 0 Å². The van der Waals surface area contributed by atoms with Gasteiger partial charge < -0.3 is 4.42 Å². The van der Waals surface area contributed by atoms with E-state index in [0.29, 0.717) is 0 Å². The fourth-order valence-corrected chi connectivity index (χ4v) is 8.66. The Morgan fingerprint density at radius 2 is 0.709 bits per heavy atom. The maximum absolute atomic E-state index is 6.49. The predicted molar refractivity (Wildman–Crippen MR) is 233 cm³/mol. The van der Waals surface area contributed by atoms with Gasteiger partial charge in [0, 0.05) is 10.8 Å². The van der Waals surface area contributed by atoms with Crippen LogP contribution in [0.3, 0.4) is 0 Å². The highest BCUT2D eigenvalue weighted by atomic mass is 16.3. The van der Waals surface area contributed by atoms with Crippen LogP contribution in [0.2, 0.25) is 0 Å². The molecule has 11 rings (SSSR count). The average Bonchev–Trinajstić information content (AvgIpc) is 3.63. The summed E-state index contributed by atoms with van der Waals surface area (Å²) in [6.45, 7) is 0. The molecule has 0 unspecified atom stereocenters. The van der Waals surface area contributed by atoms with Crippen molar-refractivity contribution in [2.75, 3.05) is 0 Å². The van der Waals surface area contributed by atoms with Crippen molar-refractivity contribution >= 4 is 54.3 Å². The number of benzene rings is 10. The van der Waals surface area contributed by atoms with Crippen molar-refractivity contribution in [2.45, 2.75) is 0 Å². The summed E-state index contributed by atoms with van der Waals surface area (Å²) in [6.07, 6.45) is 0. The second-order valence-corrected chi connectivity index (χ2v) is 14.4. The van der Waals surface area contributed by atoms with E-state index < -0.39 is 0 Å². The van der Waals surface area contributed by atoms with E-state index in [4.69, 9.17) is 4.42 Å². The molecule has 1 heterocycles. The van der Waals surface area contributed by atoms with Gasteiger partial charge in [-0.1, -0.05) is 170 Å². The van der Waals surface area contributed by atoms with E-state index >= 15 is 0 Å². The van der Waals surface area contributed by atoms with Crippen LogP contribution < -0.4 is 0 Å². The molecule has 0 saturated carbocycles. The molecule has 0 saturated heterocycles. The SMILES string of the molecule is c1ccc(-c2cc(-c3ccc4oc5ccc(-c6c7ccccc7c(-c7ccccc7)c7ccccc67)cc5c4c3)ccc2-c2ccc3ccccc3c2)cc1. The van der Waals surface area contributed by atoms with E-state index in [1.54, 1.807) is 0 Å². The first kappa shape index (κ1) is 31.3. The lowest BCUT2D eigenvalue weighted by atomic mass is 9.86. The van der Waals surface area contributed by atoms with E-state index in [1.165, 1.54) is 82.4 Å². The minimum atomic E-state index is 0.890. The molecule has 0 aliphatic heterocycles. The first-order valence-corrected chi connectivity index (χ1v) is 18.9. The molecule has 0 amide bonds. The van der Waals surface area contributed by atoms with Gasteiger partial charge >= 0.3 is 0 Å². The molecule has 0 fully saturated rings. The second-order valence-electron chi connectivity index (χ2n) is 14.4. The number of fused-ring (bicyclic) bond motifs is 6. The van der Waals surface area contributed by atoms with Gasteiger partial charge in [-0.05, 0) is 124 Å².